The summed E-state index contributed by atoms with van der Waals surface area (Å²) in [5, 5.41) is 0. The molecule has 3 aromatic rings. The highest BCUT2D eigenvalue weighted by Gasteiger charge is 2.23. The third-order valence-electron chi connectivity index (χ3n) is 5.04. The van der Waals surface area contributed by atoms with Gasteiger partial charge in [0.1, 0.15) is 19.0 Å². The van der Waals surface area contributed by atoms with E-state index in [1.807, 2.05) is 24.3 Å². The summed E-state index contributed by atoms with van der Waals surface area (Å²) in [7, 11) is 0. The third-order valence-corrected chi connectivity index (χ3v) is 5.04. The molecule has 0 bridgehead atoms. The first-order valence-electron chi connectivity index (χ1n) is 10.1. The van der Waals surface area contributed by atoms with Gasteiger partial charge in [0.15, 0.2) is 5.78 Å². The Hall–Kier alpha value is -3.86. The molecular weight excluding hydrogens is 390 g/mol. The summed E-state index contributed by atoms with van der Waals surface area (Å²) in [6.07, 6.45) is 2.91. The van der Waals surface area contributed by atoms with E-state index in [1.165, 1.54) is 16.5 Å². The Bertz CT molecular complexity index is 1100. The number of ether oxygens (including phenoxy) is 2. The van der Waals surface area contributed by atoms with E-state index in [9.17, 15) is 9.59 Å². The lowest BCUT2D eigenvalue weighted by Crippen LogP contribution is -2.23. The molecule has 1 fully saturated rings. The summed E-state index contributed by atoms with van der Waals surface area (Å²) in [4.78, 5) is 25.8. The van der Waals surface area contributed by atoms with Crippen LogP contribution in [0, 0.1) is 6.92 Å². The Morgan fingerprint density at radius 2 is 1.84 bits per heavy atom. The van der Waals surface area contributed by atoms with Gasteiger partial charge in [-0.2, -0.15) is 0 Å². The highest BCUT2D eigenvalue weighted by molar-refractivity contribution is 6.07. The van der Waals surface area contributed by atoms with Crippen LogP contribution in [0.2, 0.25) is 0 Å². The minimum Gasteiger partial charge on any atom is -0.489 e. The molecule has 1 aliphatic rings. The molecule has 1 saturated heterocycles. The first kappa shape index (κ1) is 20.4. The largest absolute Gasteiger partial charge is 0.489 e. The minimum absolute atomic E-state index is 0.130. The van der Waals surface area contributed by atoms with Gasteiger partial charge in [0.2, 0.25) is 0 Å². The number of rotatable bonds is 7. The average molecular weight is 413 g/mol. The van der Waals surface area contributed by atoms with Gasteiger partial charge in [-0.3, -0.25) is 9.69 Å². The maximum absolute atomic E-state index is 12.6. The van der Waals surface area contributed by atoms with E-state index in [0.717, 1.165) is 16.9 Å². The normalized spacial score (nSPS) is 13.5. The van der Waals surface area contributed by atoms with Gasteiger partial charge < -0.3 is 9.47 Å². The molecule has 0 N–H and O–H groups in total. The van der Waals surface area contributed by atoms with Crippen LogP contribution in [0.1, 0.15) is 27.0 Å². The van der Waals surface area contributed by atoms with Crippen LogP contribution in [0.4, 0.5) is 10.5 Å². The Morgan fingerprint density at radius 1 is 1.06 bits per heavy atom. The summed E-state index contributed by atoms with van der Waals surface area (Å²) < 4.78 is 10.8. The molecule has 31 heavy (non-hydrogen) atoms. The number of carbonyl (C=O) groups excluding carboxylic acids is 2. The second kappa shape index (κ2) is 9.30. The predicted molar refractivity (Wildman–Crippen MR) is 120 cm³/mol. The molecule has 0 atom stereocenters. The van der Waals surface area contributed by atoms with Gasteiger partial charge in [-0.15, -0.1) is 0 Å². The van der Waals surface area contributed by atoms with Crippen LogP contribution in [0.25, 0.3) is 6.08 Å². The molecule has 1 heterocycles. The first-order chi connectivity index (χ1) is 15.1. The highest BCUT2D eigenvalue weighted by Crippen LogP contribution is 2.21. The van der Waals surface area contributed by atoms with Crippen LogP contribution < -0.4 is 9.64 Å². The quantitative estimate of drug-likeness (QED) is 0.383. The molecule has 0 aromatic heterocycles. The monoisotopic (exact) mass is 413 g/mol. The number of anilines is 1. The van der Waals surface area contributed by atoms with Crippen molar-refractivity contribution in [3.63, 3.8) is 0 Å². The van der Waals surface area contributed by atoms with Crippen LogP contribution in [-0.4, -0.2) is 25.0 Å². The van der Waals surface area contributed by atoms with E-state index < -0.39 is 0 Å². The van der Waals surface area contributed by atoms with Crippen molar-refractivity contribution < 1.29 is 19.1 Å². The standard InChI is InChI=1S/C26H23NO4/c1-19-5-7-21(8-6-19)18-31-24-12-9-20(10-13-24)11-14-25(28)22-3-2-4-23(17-22)27-15-16-30-26(27)29/h2-14,17H,15-16,18H2,1H3. The van der Waals surface area contributed by atoms with E-state index in [0.29, 0.717) is 31.0 Å². The maximum Gasteiger partial charge on any atom is 0.414 e. The zero-order valence-corrected chi connectivity index (χ0v) is 17.3. The number of amides is 1. The Balaban J connectivity index is 1.36. The van der Waals surface area contributed by atoms with Gasteiger partial charge >= 0.3 is 6.09 Å². The van der Waals surface area contributed by atoms with Crippen LogP contribution in [0.5, 0.6) is 5.75 Å². The SMILES string of the molecule is Cc1ccc(COc2ccc(C=CC(=O)c3cccc(N4CCOC4=O)c3)cc2)cc1. The zero-order valence-electron chi connectivity index (χ0n) is 17.3. The number of aryl methyl sites for hydroxylation is 1. The molecule has 1 amide bonds. The van der Waals surface area contributed by atoms with Crippen molar-refractivity contribution in [3.05, 3.63) is 101 Å². The smallest absolute Gasteiger partial charge is 0.414 e. The summed E-state index contributed by atoms with van der Waals surface area (Å²) in [5.74, 6) is 0.642. The minimum atomic E-state index is -0.384. The summed E-state index contributed by atoms with van der Waals surface area (Å²) in [5.41, 5.74) is 4.42. The summed E-state index contributed by atoms with van der Waals surface area (Å²) >= 11 is 0. The average Bonchev–Trinajstić information content (AvgIpc) is 3.24. The molecule has 3 aromatic carbocycles. The molecule has 0 radical (unpaired) electrons. The van der Waals surface area contributed by atoms with Gasteiger partial charge in [-0.05, 0) is 48.4 Å². The van der Waals surface area contributed by atoms with Gasteiger partial charge in [-0.25, -0.2) is 4.79 Å². The fourth-order valence-electron chi connectivity index (χ4n) is 3.25. The van der Waals surface area contributed by atoms with Gasteiger partial charge in [0.25, 0.3) is 0 Å². The number of benzene rings is 3. The lowest BCUT2D eigenvalue weighted by Gasteiger charge is -2.13. The number of cyclic esters (lactones) is 1. The van der Waals surface area contributed by atoms with Crippen LogP contribution >= 0.6 is 0 Å². The van der Waals surface area contributed by atoms with Crippen molar-refractivity contribution >= 4 is 23.6 Å². The topological polar surface area (TPSA) is 55.8 Å². The number of ketones is 1. The third kappa shape index (κ3) is 5.20. The van der Waals surface area contributed by atoms with Crippen LogP contribution in [0.3, 0.4) is 0 Å². The zero-order chi connectivity index (χ0) is 21.6. The molecule has 0 unspecified atom stereocenters. The van der Waals surface area contributed by atoms with Crippen molar-refractivity contribution in [3.8, 4) is 5.75 Å². The maximum atomic E-state index is 12.6. The molecular formula is C26H23NO4. The lowest BCUT2D eigenvalue weighted by molar-refractivity contribution is 0.104. The van der Waals surface area contributed by atoms with E-state index >= 15 is 0 Å². The fourth-order valence-corrected chi connectivity index (χ4v) is 3.25. The van der Waals surface area contributed by atoms with Gasteiger partial charge in [0, 0.05) is 11.3 Å². The molecule has 1 aliphatic heterocycles. The summed E-state index contributed by atoms with van der Waals surface area (Å²) in [6.45, 7) is 3.42. The second-order valence-electron chi connectivity index (χ2n) is 7.36. The van der Waals surface area contributed by atoms with Gasteiger partial charge in [-0.1, -0.05) is 60.2 Å². The molecule has 0 aliphatic carbocycles. The molecule has 156 valence electrons. The molecule has 5 heteroatoms. The van der Waals surface area contributed by atoms with E-state index in [-0.39, 0.29) is 11.9 Å². The lowest BCUT2D eigenvalue weighted by atomic mass is 10.1. The molecule has 5 nitrogen and oxygen atoms in total. The Labute approximate surface area is 181 Å². The van der Waals surface area contributed by atoms with Crippen molar-refractivity contribution in [2.75, 3.05) is 18.1 Å². The van der Waals surface area contributed by atoms with Crippen LogP contribution in [-0.2, 0) is 11.3 Å². The summed E-state index contributed by atoms with van der Waals surface area (Å²) in [6, 6.07) is 22.8. The fraction of sp³-hybridized carbons (Fsp3) is 0.154. The van der Waals surface area contributed by atoms with Crippen LogP contribution in [0.15, 0.2) is 78.9 Å². The molecule has 0 saturated carbocycles. The van der Waals surface area contributed by atoms with E-state index in [4.69, 9.17) is 9.47 Å². The van der Waals surface area contributed by atoms with Crippen molar-refractivity contribution in [1.82, 2.24) is 0 Å². The van der Waals surface area contributed by atoms with E-state index in [2.05, 4.69) is 31.2 Å². The number of nitrogens with zero attached hydrogens (tertiary/aromatic N) is 1. The molecule has 0 spiro atoms. The number of carbonyl (C=O) groups is 2. The number of hydrogen-bond donors (Lipinski definition) is 0. The van der Waals surface area contributed by atoms with Gasteiger partial charge in [0.05, 0.1) is 6.54 Å². The van der Waals surface area contributed by atoms with Crippen molar-refractivity contribution in [1.29, 1.82) is 0 Å². The second-order valence-corrected chi connectivity index (χ2v) is 7.36. The van der Waals surface area contributed by atoms with Crippen molar-refractivity contribution in [2.45, 2.75) is 13.5 Å². The van der Waals surface area contributed by atoms with Crippen molar-refractivity contribution in [2.24, 2.45) is 0 Å². The van der Waals surface area contributed by atoms with E-state index in [1.54, 1.807) is 30.3 Å². The first-order valence-corrected chi connectivity index (χ1v) is 10.1. The predicted octanol–water partition coefficient (Wildman–Crippen LogP) is 5.43. The highest BCUT2D eigenvalue weighted by atomic mass is 16.6. The molecule has 4 rings (SSSR count). The Kier molecular flexibility index (Phi) is 6.13. The Morgan fingerprint density at radius 3 is 2.55 bits per heavy atom. The number of allylic oxidation sites excluding steroid dienone is 1. The number of hydrogen-bond acceptors (Lipinski definition) is 4.